The largest absolute Gasteiger partial charge is 0.311 e. The number of nitrogens with one attached hydrogen (secondary N) is 1. The minimum atomic E-state index is 0.487. The summed E-state index contributed by atoms with van der Waals surface area (Å²) in [6.45, 7) is 18.4. The van der Waals surface area contributed by atoms with Gasteiger partial charge in [-0.1, -0.05) is 34.6 Å². The highest BCUT2D eigenvalue weighted by molar-refractivity contribution is 4.94. The van der Waals surface area contributed by atoms with Gasteiger partial charge in [0.05, 0.1) is 0 Å². The lowest BCUT2D eigenvalue weighted by Gasteiger charge is -2.47. The van der Waals surface area contributed by atoms with Crippen molar-refractivity contribution in [3.05, 3.63) is 0 Å². The summed E-state index contributed by atoms with van der Waals surface area (Å²) in [5, 5.41) is 4.02. The monoisotopic (exact) mass is 294 g/mol. The molecule has 1 saturated heterocycles. The predicted octanol–water partition coefficient (Wildman–Crippen LogP) is 4.30. The summed E-state index contributed by atoms with van der Waals surface area (Å²) in [6.07, 6.45) is 6.83. The lowest BCUT2D eigenvalue weighted by atomic mass is 9.63. The summed E-state index contributed by atoms with van der Waals surface area (Å²) in [4.78, 5) is 2.63. The summed E-state index contributed by atoms with van der Waals surface area (Å²) in [5.74, 6) is 0.840. The Morgan fingerprint density at radius 2 is 1.76 bits per heavy atom. The number of hydrogen-bond acceptors (Lipinski definition) is 2. The molecule has 2 fully saturated rings. The number of likely N-dealkylation sites (tertiary alicyclic amines) is 1. The molecule has 2 atom stereocenters. The number of nitrogens with zero attached hydrogens (tertiary/aromatic N) is 1. The third-order valence-corrected chi connectivity index (χ3v) is 5.75. The van der Waals surface area contributed by atoms with Gasteiger partial charge in [-0.2, -0.15) is 0 Å². The molecule has 1 aliphatic carbocycles. The molecule has 2 aliphatic rings. The van der Waals surface area contributed by atoms with E-state index in [9.17, 15) is 0 Å². The summed E-state index contributed by atoms with van der Waals surface area (Å²) in [7, 11) is 0. The SMILES string of the molecule is CCN1CCCC(C(C)NC2CC(C)(C)CC(C)(C)C2)C1. The van der Waals surface area contributed by atoms with Crippen LogP contribution in [0.15, 0.2) is 0 Å². The molecule has 21 heavy (non-hydrogen) atoms. The Bertz CT molecular complexity index is 318. The molecule has 2 rings (SSSR count). The second-order valence-corrected chi connectivity index (χ2v) is 9.36. The average Bonchev–Trinajstić information content (AvgIpc) is 2.35. The Balaban J connectivity index is 1.91. The molecule has 1 heterocycles. The van der Waals surface area contributed by atoms with Gasteiger partial charge in [-0.15, -0.1) is 0 Å². The van der Waals surface area contributed by atoms with E-state index >= 15 is 0 Å². The van der Waals surface area contributed by atoms with Gasteiger partial charge in [0, 0.05) is 18.6 Å². The first-order chi connectivity index (χ1) is 9.71. The maximum absolute atomic E-state index is 4.02. The molecule has 1 saturated carbocycles. The van der Waals surface area contributed by atoms with Crippen LogP contribution in [0.4, 0.5) is 0 Å². The second-order valence-electron chi connectivity index (χ2n) is 9.36. The fraction of sp³-hybridized carbons (Fsp3) is 1.00. The van der Waals surface area contributed by atoms with Crippen LogP contribution in [-0.2, 0) is 0 Å². The smallest absolute Gasteiger partial charge is 0.00818 e. The molecular weight excluding hydrogens is 256 g/mol. The maximum atomic E-state index is 4.02. The van der Waals surface area contributed by atoms with E-state index in [1.807, 2.05) is 0 Å². The van der Waals surface area contributed by atoms with E-state index in [0.29, 0.717) is 22.9 Å². The van der Waals surface area contributed by atoms with Crippen LogP contribution < -0.4 is 5.32 Å². The third kappa shape index (κ3) is 4.96. The van der Waals surface area contributed by atoms with E-state index in [-0.39, 0.29) is 0 Å². The zero-order valence-electron chi connectivity index (χ0n) is 15.3. The minimum Gasteiger partial charge on any atom is -0.311 e. The summed E-state index contributed by atoms with van der Waals surface area (Å²) < 4.78 is 0. The van der Waals surface area contributed by atoms with Crippen molar-refractivity contribution in [2.75, 3.05) is 19.6 Å². The van der Waals surface area contributed by atoms with Crippen molar-refractivity contribution in [1.82, 2.24) is 10.2 Å². The molecule has 2 unspecified atom stereocenters. The molecule has 1 N–H and O–H groups in total. The fourth-order valence-electron chi connectivity index (χ4n) is 5.26. The van der Waals surface area contributed by atoms with Crippen LogP contribution in [0.2, 0.25) is 0 Å². The van der Waals surface area contributed by atoms with Gasteiger partial charge in [0.1, 0.15) is 0 Å². The van der Waals surface area contributed by atoms with Gasteiger partial charge >= 0.3 is 0 Å². The van der Waals surface area contributed by atoms with Crippen molar-refractivity contribution in [2.45, 2.75) is 85.7 Å². The minimum absolute atomic E-state index is 0.487. The molecular formula is C19H38N2. The lowest BCUT2D eigenvalue weighted by molar-refractivity contribution is 0.0708. The van der Waals surface area contributed by atoms with Crippen LogP contribution in [0.5, 0.6) is 0 Å². The van der Waals surface area contributed by atoms with Gasteiger partial charge in [0.25, 0.3) is 0 Å². The molecule has 0 aromatic rings. The number of hydrogen-bond donors (Lipinski definition) is 1. The predicted molar refractivity (Wildman–Crippen MR) is 92.6 cm³/mol. The van der Waals surface area contributed by atoms with Gasteiger partial charge in [-0.3, -0.25) is 0 Å². The van der Waals surface area contributed by atoms with E-state index in [1.165, 1.54) is 51.7 Å². The van der Waals surface area contributed by atoms with Crippen LogP contribution >= 0.6 is 0 Å². The molecule has 0 aromatic heterocycles. The van der Waals surface area contributed by atoms with Crippen molar-refractivity contribution in [3.8, 4) is 0 Å². The molecule has 0 amide bonds. The van der Waals surface area contributed by atoms with E-state index in [1.54, 1.807) is 0 Å². The first kappa shape index (κ1) is 17.3. The first-order valence-electron chi connectivity index (χ1n) is 9.19. The highest BCUT2D eigenvalue weighted by Gasteiger charge is 2.39. The summed E-state index contributed by atoms with van der Waals surface area (Å²) >= 11 is 0. The molecule has 2 heteroatoms. The Hall–Kier alpha value is -0.0800. The van der Waals surface area contributed by atoms with Gasteiger partial charge in [0.15, 0.2) is 0 Å². The van der Waals surface area contributed by atoms with Crippen molar-refractivity contribution < 1.29 is 0 Å². The second kappa shape index (κ2) is 6.58. The van der Waals surface area contributed by atoms with E-state index in [2.05, 4.69) is 51.8 Å². The standard InChI is InChI=1S/C19H38N2/c1-7-21-10-8-9-16(13-21)15(2)20-17-11-18(3,4)14-19(5,6)12-17/h15-17,20H,7-14H2,1-6H3. The maximum Gasteiger partial charge on any atom is 0.00818 e. The van der Waals surface area contributed by atoms with Crippen LogP contribution in [0.3, 0.4) is 0 Å². The molecule has 0 bridgehead atoms. The highest BCUT2D eigenvalue weighted by Crippen LogP contribution is 2.45. The molecule has 0 spiro atoms. The average molecular weight is 295 g/mol. The van der Waals surface area contributed by atoms with Gasteiger partial charge in [-0.25, -0.2) is 0 Å². The molecule has 0 aromatic carbocycles. The van der Waals surface area contributed by atoms with Crippen LogP contribution in [0.25, 0.3) is 0 Å². The zero-order chi connectivity index (χ0) is 15.7. The topological polar surface area (TPSA) is 15.3 Å². The Morgan fingerprint density at radius 1 is 1.14 bits per heavy atom. The normalized spacial score (nSPS) is 32.0. The molecule has 124 valence electrons. The third-order valence-electron chi connectivity index (χ3n) is 5.75. The quantitative estimate of drug-likeness (QED) is 0.831. The van der Waals surface area contributed by atoms with E-state index in [0.717, 1.165) is 5.92 Å². The first-order valence-corrected chi connectivity index (χ1v) is 9.19. The molecule has 2 nitrogen and oxygen atoms in total. The van der Waals surface area contributed by atoms with Crippen LogP contribution in [0.1, 0.15) is 73.6 Å². The zero-order valence-corrected chi connectivity index (χ0v) is 15.3. The number of piperidine rings is 1. The summed E-state index contributed by atoms with van der Waals surface area (Å²) in [6, 6.07) is 1.37. The Labute approximate surface area is 133 Å². The lowest BCUT2D eigenvalue weighted by Crippen LogP contribution is -2.51. The van der Waals surface area contributed by atoms with Crippen molar-refractivity contribution in [3.63, 3.8) is 0 Å². The van der Waals surface area contributed by atoms with Crippen molar-refractivity contribution >= 4 is 0 Å². The van der Waals surface area contributed by atoms with Crippen LogP contribution in [-0.4, -0.2) is 36.6 Å². The molecule has 1 aliphatic heterocycles. The molecule has 0 radical (unpaired) electrons. The highest BCUT2D eigenvalue weighted by atomic mass is 15.1. The van der Waals surface area contributed by atoms with E-state index in [4.69, 9.17) is 0 Å². The Kier molecular flexibility index (Phi) is 5.41. The fourth-order valence-corrected chi connectivity index (χ4v) is 5.26. The van der Waals surface area contributed by atoms with Gasteiger partial charge in [-0.05, 0) is 68.9 Å². The Morgan fingerprint density at radius 3 is 2.33 bits per heavy atom. The summed E-state index contributed by atoms with van der Waals surface area (Å²) in [5.41, 5.74) is 0.975. The van der Waals surface area contributed by atoms with E-state index < -0.39 is 0 Å². The number of rotatable bonds is 4. The van der Waals surface area contributed by atoms with Gasteiger partial charge < -0.3 is 10.2 Å². The van der Waals surface area contributed by atoms with Crippen molar-refractivity contribution in [2.24, 2.45) is 16.7 Å². The van der Waals surface area contributed by atoms with Crippen LogP contribution in [0, 0.1) is 16.7 Å². The van der Waals surface area contributed by atoms with Crippen molar-refractivity contribution in [1.29, 1.82) is 0 Å². The van der Waals surface area contributed by atoms with Gasteiger partial charge in [0.2, 0.25) is 0 Å².